The molecule has 1 aliphatic heterocycles. The summed E-state index contributed by atoms with van der Waals surface area (Å²) in [6.07, 6.45) is 1.78. The number of carbonyl (C=O) groups is 1. The fraction of sp³-hybridized carbons (Fsp3) is 0.316. The molecule has 1 fully saturated rings. The molecular weight excluding hydrogens is 435 g/mol. The summed E-state index contributed by atoms with van der Waals surface area (Å²) in [5.41, 5.74) is 2.03. The Bertz CT molecular complexity index is 697. The number of benzene rings is 2. The van der Waals surface area contributed by atoms with E-state index in [1.54, 1.807) is 0 Å². The largest absolute Gasteiger partial charge is 0.326 e. The maximum Gasteiger partial charge on any atom is 0.227 e. The third-order valence-electron chi connectivity index (χ3n) is 4.42. The predicted octanol–water partition coefficient (Wildman–Crippen LogP) is 4.80. The van der Waals surface area contributed by atoms with E-state index in [4.69, 9.17) is 11.6 Å². The van der Waals surface area contributed by atoms with Crippen LogP contribution in [0.3, 0.4) is 0 Å². The lowest BCUT2D eigenvalue weighted by atomic mass is 9.95. The van der Waals surface area contributed by atoms with Crippen LogP contribution in [0.4, 0.5) is 5.69 Å². The topological polar surface area (TPSA) is 32.3 Å². The lowest BCUT2D eigenvalue weighted by molar-refractivity contribution is -0.121. The normalized spacial score (nSPS) is 16.1. The van der Waals surface area contributed by atoms with Gasteiger partial charge in [-0.1, -0.05) is 29.8 Å². The highest BCUT2D eigenvalue weighted by Crippen LogP contribution is 2.23. The maximum absolute atomic E-state index is 12.4. The Kier molecular flexibility index (Phi) is 6.14. The molecule has 0 unspecified atom stereocenters. The zero-order chi connectivity index (χ0) is 16.9. The van der Waals surface area contributed by atoms with Gasteiger partial charge in [0, 0.05) is 26.7 Å². The first-order chi connectivity index (χ1) is 11.6. The summed E-state index contributed by atoms with van der Waals surface area (Å²) in [5, 5.41) is 3.85. The number of nitrogens with zero attached hydrogens (tertiary/aromatic N) is 1. The summed E-state index contributed by atoms with van der Waals surface area (Å²) < 4.78 is 1.17. The Morgan fingerprint density at radius 1 is 1.12 bits per heavy atom. The molecule has 1 N–H and O–H groups in total. The Hall–Kier alpha value is -1.11. The lowest BCUT2D eigenvalue weighted by Crippen LogP contribution is -2.37. The van der Waals surface area contributed by atoms with Gasteiger partial charge >= 0.3 is 0 Å². The first-order valence-electron chi connectivity index (χ1n) is 8.14. The molecule has 3 nitrogen and oxygen atoms in total. The molecule has 2 aromatic rings. The van der Waals surface area contributed by atoms with Gasteiger partial charge in [0.2, 0.25) is 5.91 Å². The van der Waals surface area contributed by atoms with Crippen LogP contribution < -0.4 is 5.32 Å². The molecule has 0 atom stereocenters. The van der Waals surface area contributed by atoms with Gasteiger partial charge in [0.15, 0.2) is 0 Å². The molecule has 126 valence electrons. The second kappa shape index (κ2) is 8.32. The fourth-order valence-corrected chi connectivity index (χ4v) is 3.55. The monoisotopic (exact) mass is 454 g/mol. The SMILES string of the molecule is O=C(Nc1ccc(I)cc1)C1CCN(Cc2ccccc2Cl)CC1. The van der Waals surface area contributed by atoms with Crippen LogP contribution in [-0.2, 0) is 11.3 Å². The number of anilines is 1. The third-order valence-corrected chi connectivity index (χ3v) is 5.51. The zero-order valence-electron chi connectivity index (χ0n) is 13.3. The van der Waals surface area contributed by atoms with Crippen molar-refractivity contribution in [2.75, 3.05) is 18.4 Å². The number of halogens is 2. The second-order valence-electron chi connectivity index (χ2n) is 6.14. The number of rotatable bonds is 4. The van der Waals surface area contributed by atoms with Gasteiger partial charge in [0.05, 0.1) is 0 Å². The van der Waals surface area contributed by atoms with E-state index in [0.717, 1.165) is 48.7 Å². The van der Waals surface area contributed by atoms with E-state index >= 15 is 0 Å². The van der Waals surface area contributed by atoms with Crippen molar-refractivity contribution >= 4 is 45.8 Å². The zero-order valence-corrected chi connectivity index (χ0v) is 16.3. The minimum absolute atomic E-state index is 0.0896. The van der Waals surface area contributed by atoms with Crippen LogP contribution in [0.1, 0.15) is 18.4 Å². The van der Waals surface area contributed by atoms with Gasteiger partial charge in [-0.2, -0.15) is 0 Å². The van der Waals surface area contributed by atoms with Gasteiger partial charge < -0.3 is 5.32 Å². The molecule has 0 radical (unpaired) electrons. The molecule has 0 saturated carbocycles. The van der Waals surface area contributed by atoms with E-state index in [2.05, 4.69) is 38.9 Å². The predicted molar refractivity (Wildman–Crippen MR) is 107 cm³/mol. The summed E-state index contributed by atoms with van der Waals surface area (Å²) >= 11 is 8.49. The van der Waals surface area contributed by atoms with Crippen molar-refractivity contribution in [3.8, 4) is 0 Å². The molecule has 2 aromatic carbocycles. The number of carbonyl (C=O) groups excluding carboxylic acids is 1. The molecular formula is C19H20ClIN2O. The van der Waals surface area contributed by atoms with E-state index in [0.29, 0.717) is 0 Å². The summed E-state index contributed by atoms with van der Waals surface area (Å²) in [6.45, 7) is 2.71. The van der Waals surface area contributed by atoms with Crippen molar-refractivity contribution in [2.24, 2.45) is 5.92 Å². The van der Waals surface area contributed by atoms with Crippen LogP contribution in [-0.4, -0.2) is 23.9 Å². The fourth-order valence-electron chi connectivity index (χ4n) is 3.00. The standard InChI is InChI=1S/C19H20ClIN2O/c20-18-4-2-1-3-15(18)13-23-11-9-14(10-12-23)19(24)22-17-7-5-16(21)6-8-17/h1-8,14H,9-13H2,(H,22,24). The number of nitrogens with one attached hydrogen (secondary N) is 1. The number of hydrogen-bond acceptors (Lipinski definition) is 2. The quantitative estimate of drug-likeness (QED) is 0.674. The van der Waals surface area contributed by atoms with Crippen molar-refractivity contribution in [3.05, 3.63) is 62.7 Å². The van der Waals surface area contributed by atoms with Crippen molar-refractivity contribution in [2.45, 2.75) is 19.4 Å². The molecule has 1 heterocycles. The lowest BCUT2D eigenvalue weighted by Gasteiger charge is -2.31. The average Bonchev–Trinajstić information content (AvgIpc) is 2.59. The smallest absolute Gasteiger partial charge is 0.227 e. The number of piperidine rings is 1. The van der Waals surface area contributed by atoms with Crippen LogP contribution in [0, 0.1) is 9.49 Å². The van der Waals surface area contributed by atoms with Crippen LogP contribution >= 0.6 is 34.2 Å². The first kappa shape index (κ1) is 17.7. The van der Waals surface area contributed by atoms with Gasteiger partial charge in [-0.15, -0.1) is 0 Å². The molecule has 5 heteroatoms. The first-order valence-corrected chi connectivity index (χ1v) is 9.59. The van der Waals surface area contributed by atoms with Gasteiger partial charge in [0.1, 0.15) is 0 Å². The highest BCUT2D eigenvalue weighted by molar-refractivity contribution is 14.1. The van der Waals surface area contributed by atoms with Crippen LogP contribution in [0.5, 0.6) is 0 Å². The third kappa shape index (κ3) is 4.71. The van der Waals surface area contributed by atoms with Crippen molar-refractivity contribution in [1.29, 1.82) is 0 Å². The molecule has 1 saturated heterocycles. The summed E-state index contributed by atoms with van der Waals surface area (Å²) in [5.74, 6) is 0.223. The van der Waals surface area contributed by atoms with E-state index in [1.165, 1.54) is 3.57 Å². The van der Waals surface area contributed by atoms with Gasteiger partial charge in [0.25, 0.3) is 0 Å². The molecule has 24 heavy (non-hydrogen) atoms. The Morgan fingerprint density at radius 2 is 1.79 bits per heavy atom. The Morgan fingerprint density at radius 3 is 2.46 bits per heavy atom. The Labute approximate surface area is 161 Å². The van der Waals surface area contributed by atoms with Crippen molar-refractivity contribution in [1.82, 2.24) is 4.90 Å². The molecule has 3 rings (SSSR count). The molecule has 1 amide bonds. The minimum atomic E-state index is 0.0896. The maximum atomic E-state index is 12.4. The van der Waals surface area contributed by atoms with E-state index in [1.807, 2.05) is 42.5 Å². The molecule has 0 aliphatic carbocycles. The van der Waals surface area contributed by atoms with Crippen LogP contribution in [0.2, 0.25) is 5.02 Å². The summed E-state index contributed by atoms with van der Waals surface area (Å²) in [7, 11) is 0. The summed E-state index contributed by atoms with van der Waals surface area (Å²) in [6, 6.07) is 15.9. The number of hydrogen-bond donors (Lipinski definition) is 1. The van der Waals surface area contributed by atoms with E-state index in [9.17, 15) is 4.79 Å². The number of likely N-dealkylation sites (tertiary alicyclic amines) is 1. The summed E-state index contributed by atoms with van der Waals surface area (Å²) in [4.78, 5) is 14.8. The van der Waals surface area contributed by atoms with Crippen molar-refractivity contribution < 1.29 is 4.79 Å². The van der Waals surface area contributed by atoms with Gasteiger partial charge in [-0.3, -0.25) is 9.69 Å². The molecule has 0 aromatic heterocycles. The number of amides is 1. The highest BCUT2D eigenvalue weighted by Gasteiger charge is 2.25. The minimum Gasteiger partial charge on any atom is -0.326 e. The Balaban J connectivity index is 1.50. The van der Waals surface area contributed by atoms with E-state index in [-0.39, 0.29) is 11.8 Å². The van der Waals surface area contributed by atoms with Crippen molar-refractivity contribution in [3.63, 3.8) is 0 Å². The van der Waals surface area contributed by atoms with E-state index < -0.39 is 0 Å². The highest BCUT2D eigenvalue weighted by atomic mass is 127. The molecule has 1 aliphatic rings. The second-order valence-corrected chi connectivity index (χ2v) is 7.79. The van der Waals surface area contributed by atoms with Gasteiger partial charge in [-0.05, 0) is 84.4 Å². The molecule has 0 bridgehead atoms. The van der Waals surface area contributed by atoms with Crippen LogP contribution in [0.25, 0.3) is 0 Å². The van der Waals surface area contributed by atoms with Gasteiger partial charge in [-0.25, -0.2) is 0 Å². The molecule has 0 spiro atoms. The average molecular weight is 455 g/mol. The van der Waals surface area contributed by atoms with Crippen LogP contribution in [0.15, 0.2) is 48.5 Å².